The summed E-state index contributed by atoms with van der Waals surface area (Å²) >= 11 is 0. The van der Waals surface area contributed by atoms with Gasteiger partial charge in [0.2, 0.25) is 0 Å². The second kappa shape index (κ2) is 10.7. The number of rotatable bonds is 7. The molecule has 0 atom stereocenters. The highest BCUT2D eigenvalue weighted by molar-refractivity contribution is 5.93. The number of hydrogen-bond acceptors (Lipinski definition) is 7. The molecule has 0 aliphatic rings. The molecule has 4 aromatic carbocycles. The van der Waals surface area contributed by atoms with E-state index < -0.39 is 0 Å². The van der Waals surface area contributed by atoms with Crippen LogP contribution in [-0.2, 0) is 6.54 Å². The summed E-state index contributed by atoms with van der Waals surface area (Å²) in [4.78, 5) is 13.2. The second-order valence-corrected chi connectivity index (χ2v) is 9.94. The molecule has 3 aromatic heterocycles. The zero-order valence-corrected chi connectivity index (χ0v) is 22.6. The summed E-state index contributed by atoms with van der Waals surface area (Å²) in [6.45, 7) is 2.50. The van der Waals surface area contributed by atoms with Gasteiger partial charge in [0, 0.05) is 34.4 Å². The Morgan fingerprint density at radius 3 is 2.67 bits per heavy atom. The highest BCUT2D eigenvalue weighted by atomic mass is 19.1. The van der Waals surface area contributed by atoms with Crippen LogP contribution in [0.2, 0.25) is 0 Å². The van der Waals surface area contributed by atoms with Gasteiger partial charge in [-0.3, -0.25) is 4.98 Å². The van der Waals surface area contributed by atoms with Crippen molar-refractivity contribution in [3.05, 3.63) is 127 Å². The first-order valence-corrected chi connectivity index (χ1v) is 13.4. The summed E-state index contributed by atoms with van der Waals surface area (Å²) < 4.78 is 21.3. The molecule has 0 saturated carbocycles. The smallest absolute Gasteiger partial charge is 0.141 e. The van der Waals surface area contributed by atoms with Gasteiger partial charge >= 0.3 is 0 Å². The van der Waals surface area contributed by atoms with Crippen molar-refractivity contribution in [3.63, 3.8) is 0 Å². The standard InChI is InChI=1S/C33H24FN7O/c1-21-15-26(10-12-31(21)42-32-4-2-3-23-13-14-35-17-28(23)32)38-33-27-16-24(7-11-29(27)36-20-37-33)30-19-41(40-39-30)18-22-5-8-25(34)9-6-22/h2-17,19-20H,18H2,1H3,(H,36,37,38). The van der Waals surface area contributed by atoms with E-state index in [9.17, 15) is 4.39 Å². The Morgan fingerprint density at radius 1 is 0.881 bits per heavy atom. The van der Waals surface area contributed by atoms with Crippen LogP contribution in [0.25, 0.3) is 32.9 Å². The van der Waals surface area contributed by atoms with E-state index in [1.807, 2.05) is 80.0 Å². The summed E-state index contributed by atoms with van der Waals surface area (Å²) in [5, 5.41) is 14.9. The van der Waals surface area contributed by atoms with E-state index in [0.717, 1.165) is 61.2 Å². The molecule has 7 rings (SSSR count). The van der Waals surface area contributed by atoms with Crippen molar-refractivity contribution >= 4 is 33.2 Å². The van der Waals surface area contributed by atoms with Crippen LogP contribution in [-0.4, -0.2) is 29.9 Å². The molecule has 7 aromatic rings. The van der Waals surface area contributed by atoms with Crippen LogP contribution in [0.5, 0.6) is 11.5 Å². The van der Waals surface area contributed by atoms with E-state index in [0.29, 0.717) is 12.4 Å². The third-order valence-electron chi connectivity index (χ3n) is 7.03. The monoisotopic (exact) mass is 553 g/mol. The molecule has 0 radical (unpaired) electrons. The predicted molar refractivity (Wildman–Crippen MR) is 160 cm³/mol. The minimum Gasteiger partial charge on any atom is -0.456 e. The lowest BCUT2D eigenvalue weighted by Crippen LogP contribution is -2.00. The fraction of sp³-hybridized carbons (Fsp3) is 0.0606. The highest BCUT2D eigenvalue weighted by Gasteiger charge is 2.12. The number of nitrogens with one attached hydrogen (secondary N) is 1. The maximum atomic E-state index is 13.3. The van der Waals surface area contributed by atoms with Gasteiger partial charge in [-0.05, 0) is 78.0 Å². The zero-order chi connectivity index (χ0) is 28.5. The van der Waals surface area contributed by atoms with Crippen molar-refractivity contribution < 1.29 is 9.13 Å². The fourth-order valence-electron chi connectivity index (χ4n) is 4.87. The molecule has 0 amide bonds. The Hall–Kier alpha value is -5.70. The lowest BCUT2D eigenvalue weighted by molar-refractivity contribution is 0.484. The van der Waals surface area contributed by atoms with Crippen LogP contribution in [0.4, 0.5) is 15.9 Å². The Morgan fingerprint density at radius 2 is 1.79 bits per heavy atom. The molecular formula is C33H24FN7O. The van der Waals surface area contributed by atoms with E-state index in [4.69, 9.17) is 4.74 Å². The van der Waals surface area contributed by atoms with E-state index >= 15 is 0 Å². The van der Waals surface area contributed by atoms with Crippen LogP contribution in [0.3, 0.4) is 0 Å². The summed E-state index contributed by atoms with van der Waals surface area (Å²) in [5.41, 5.74) is 5.18. The number of aryl methyl sites for hydroxylation is 1. The Labute approximate surface area is 240 Å². The van der Waals surface area contributed by atoms with Crippen LogP contribution in [0.15, 0.2) is 110 Å². The molecule has 9 heteroatoms. The number of anilines is 2. The number of hydrogen-bond donors (Lipinski definition) is 1. The van der Waals surface area contributed by atoms with Gasteiger partial charge in [-0.2, -0.15) is 0 Å². The lowest BCUT2D eigenvalue weighted by Gasteiger charge is -2.14. The third kappa shape index (κ3) is 5.11. The lowest BCUT2D eigenvalue weighted by atomic mass is 10.1. The minimum atomic E-state index is -0.265. The first-order valence-electron chi connectivity index (χ1n) is 13.4. The topological polar surface area (TPSA) is 90.6 Å². The van der Waals surface area contributed by atoms with Crippen molar-refractivity contribution in [2.24, 2.45) is 0 Å². The Kier molecular flexibility index (Phi) is 6.44. The van der Waals surface area contributed by atoms with Gasteiger partial charge in [-0.15, -0.1) is 5.10 Å². The molecule has 0 bridgehead atoms. The summed E-state index contributed by atoms with van der Waals surface area (Å²) in [5.74, 6) is 1.93. The van der Waals surface area contributed by atoms with E-state index in [2.05, 4.69) is 30.6 Å². The molecule has 0 unspecified atom stereocenters. The summed E-state index contributed by atoms with van der Waals surface area (Å²) in [7, 11) is 0. The summed E-state index contributed by atoms with van der Waals surface area (Å²) in [6.07, 6.45) is 7.01. The molecule has 0 saturated heterocycles. The van der Waals surface area contributed by atoms with Gasteiger partial charge in [-0.25, -0.2) is 19.0 Å². The largest absolute Gasteiger partial charge is 0.456 e. The number of fused-ring (bicyclic) bond motifs is 2. The number of aromatic nitrogens is 6. The van der Waals surface area contributed by atoms with Gasteiger partial charge in [0.15, 0.2) is 0 Å². The predicted octanol–water partition coefficient (Wildman–Crippen LogP) is 7.47. The normalized spacial score (nSPS) is 11.2. The van der Waals surface area contributed by atoms with Gasteiger partial charge in [0.25, 0.3) is 0 Å². The number of halogens is 1. The average Bonchev–Trinajstić information content (AvgIpc) is 3.48. The van der Waals surface area contributed by atoms with Crippen molar-refractivity contribution in [1.29, 1.82) is 0 Å². The molecule has 42 heavy (non-hydrogen) atoms. The van der Waals surface area contributed by atoms with Crippen LogP contribution in [0, 0.1) is 12.7 Å². The third-order valence-corrected chi connectivity index (χ3v) is 7.03. The maximum Gasteiger partial charge on any atom is 0.141 e. The molecule has 0 aliphatic carbocycles. The zero-order valence-electron chi connectivity index (χ0n) is 22.6. The van der Waals surface area contributed by atoms with Gasteiger partial charge in [0.1, 0.15) is 35.2 Å². The van der Waals surface area contributed by atoms with Gasteiger partial charge < -0.3 is 10.1 Å². The van der Waals surface area contributed by atoms with Gasteiger partial charge in [0.05, 0.1) is 18.3 Å². The average molecular weight is 554 g/mol. The van der Waals surface area contributed by atoms with E-state index in [1.54, 1.807) is 29.3 Å². The van der Waals surface area contributed by atoms with Crippen molar-refractivity contribution in [1.82, 2.24) is 29.9 Å². The van der Waals surface area contributed by atoms with Crippen molar-refractivity contribution in [3.8, 4) is 22.8 Å². The fourth-order valence-corrected chi connectivity index (χ4v) is 4.87. The highest BCUT2D eigenvalue weighted by Crippen LogP contribution is 2.33. The van der Waals surface area contributed by atoms with Crippen LogP contribution >= 0.6 is 0 Å². The number of benzene rings is 4. The van der Waals surface area contributed by atoms with E-state index in [-0.39, 0.29) is 5.82 Å². The SMILES string of the molecule is Cc1cc(Nc2ncnc3ccc(-c4cn(Cc5ccc(F)cc5)nn4)cc23)ccc1Oc1cccc2ccncc12. The molecule has 204 valence electrons. The molecule has 0 aliphatic heterocycles. The summed E-state index contributed by atoms with van der Waals surface area (Å²) in [6, 6.07) is 26.1. The Balaban J connectivity index is 1.13. The molecular weight excluding hydrogens is 529 g/mol. The van der Waals surface area contributed by atoms with E-state index in [1.165, 1.54) is 12.1 Å². The number of nitrogens with zero attached hydrogens (tertiary/aromatic N) is 6. The molecule has 3 heterocycles. The molecule has 0 fully saturated rings. The quantitative estimate of drug-likeness (QED) is 0.219. The van der Waals surface area contributed by atoms with Crippen LogP contribution < -0.4 is 10.1 Å². The number of pyridine rings is 1. The first kappa shape index (κ1) is 25.3. The minimum absolute atomic E-state index is 0.265. The first-order chi connectivity index (χ1) is 20.6. The maximum absolute atomic E-state index is 13.3. The van der Waals surface area contributed by atoms with Crippen LogP contribution in [0.1, 0.15) is 11.1 Å². The second-order valence-electron chi connectivity index (χ2n) is 9.94. The molecule has 1 N–H and O–H groups in total. The van der Waals surface area contributed by atoms with Gasteiger partial charge in [-0.1, -0.05) is 35.5 Å². The molecule has 0 spiro atoms. The molecule has 8 nitrogen and oxygen atoms in total. The number of ether oxygens (including phenoxy) is 1. The van der Waals surface area contributed by atoms with Crippen molar-refractivity contribution in [2.45, 2.75) is 13.5 Å². The van der Waals surface area contributed by atoms with Crippen molar-refractivity contribution in [2.75, 3.05) is 5.32 Å². The Bertz CT molecular complexity index is 2050.